The molecule has 4 fully saturated rings. The minimum atomic E-state index is 0.0298. The second-order valence-electron chi connectivity index (χ2n) is 9.54. The van der Waals surface area contributed by atoms with Crippen LogP contribution in [0.2, 0.25) is 0 Å². The maximum absolute atomic E-state index is 13.1. The normalized spacial score (nSPS) is 24.4. The van der Waals surface area contributed by atoms with E-state index in [-0.39, 0.29) is 17.9 Å². The van der Waals surface area contributed by atoms with E-state index in [2.05, 4.69) is 22.3 Å². The van der Waals surface area contributed by atoms with E-state index >= 15 is 0 Å². The molecule has 6 nitrogen and oxygen atoms in total. The number of piperidine rings is 3. The van der Waals surface area contributed by atoms with Gasteiger partial charge >= 0.3 is 0 Å². The molecule has 3 aromatic rings. The third kappa shape index (κ3) is 4.13. The second-order valence-corrected chi connectivity index (χ2v) is 10.6. The van der Waals surface area contributed by atoms with E-state index in [4.69, 9.17) is 4.74 Å². The first kappa shape index (κ1) is 21.8. The topological polar surface area (TPSA) is 61.9 Å². The summed E-state index contributed by atoms with van der Waals surface area (Å²) in [5, 5.41) is 4.38. The summed E-state index contributed by atoms with van der Waals surface area (Å²) < 4.78 is 6.46. The summed E-state index contributed by atoms with van der Waals surface area (Å²) in [4.78, 5) is 31.2. The zero-order chi connectivity index (χ0) is 23.1. The summed E-state index contributed by atoms with van der Waals surface area (Å²) in [5.74, 6) is 0.675. The summed E-state index contributed by atoms with van der Waals surface area (Å²) in [5.41, 5.74) is 2.74. The Labute approximate surface area is 203 Å². The van der Waals surface area contributed by atoms with Crippen LogP contribution in [0, 0.1) is 5.92 Å². The molecule has 2 amide bonds. The van der Waals surface area contributed by atoms with E-state index in [1.807, 2.05) is 41.3 Å². The van der Waals surface area contributed by atoms with Crippen molar-refractivity contribution in [3.05, 3.63) is 59.0 Å². The zero-order valence-corrected chi connectivity index (χ0v) is 20.0. The molecule has 0 spiro atoms. The fourth-order valence-corrected chi connectivity index (χ4v) is 6.64. The molecule has 0 aliphatic carbocycles. The number of nitrogens with zero attached hydrogens (tertiary/aromatic N) is 2. The minimum Gasteiger partial charge on any atom is -0.378 e. The van der Waals surface area contributed by atoms with Gasteiger partial charge in [-0.3, -0.25) is 9.59 Å². The standard InChI is InChI=1S/C27H29N3O3S/c31-26(28-23-17-29-9-7-18(23)8-10-29)24-16-20-4-2-6-22(25(20)34-24)19-3-1-5-21(15-19)27(32)30-11-13-33-14-12-30/h1-6,15-16,18,23H,7-14,17H2,(H,28,31)/t23-/m0/s1. The van der Waals surface area contributed by atoms with Gasteiger partial charge in [-0.15, -0.1) is 11.3 Å². The molecule has 1 atom stereocenters. The van der Waals surface area contributed by atoms with Crippen molar-refractivity contribution in [3.8, 4) is 11.1 Å². The highest BCUT2D eigenvalue weighted by Gasteiger charge is 2.35. The van der Waals surface area contributed by atoms with Crippen LogP contribution in [0.15, 0.2) is 48.5 Å². The molecule has 7 heteroatoms. The number of carbonyl (C=O) groups excluding carboxylic acids is 2. The van der Waals surface area contributed by atoms with E-state index in [0.29, 0.717) is 37.8 Å². The lowest BCUT2D eigenvalue weighted by Gasteiger charge is -2.44. The van der Waals surface area contributed by atoms with Crippen LogP contribution in [0.1, 0.15) is 32.9 Å². The van der Waals surface area contributed by atoms with Crippen LogP contribution in [0.5, 0.6) is 0 Å². The van der Waals surface area contributed by atoms with Crippen molar-refractivity contribution in [2.24, 2.45) is 5.92 Å². The van der Waals surface area contributed by atoms with Crippen LogP contribution < -0.4 is 5.32 Å². The molecule has 4 saturated heterocycles. The molecular weight excluding hydrogens is 446 g/mol. The third-order valence-corrected chi connectivity index (χ3v) is 8.64. The number of ether oxygens (including phenoxy) is 1. The fraction of sp³-hybridized carbons (Fsp3) is 0.407. The van der Waals surface area contributed by atoms with Crippen LogP contribution in [-0.4, -0.2) is 73.6 Å². The van der Waals surface area contributed by atoms with Crippen LogP contribution in [0.25, 0.3) is 21.2 Å². The molecule has 2 bridgehead atoms. The Morgan fingerprint density at radius 3 is 2.53 bits per heavy atom. The summed E-state index contributed by atoms with van der Waals surface area (Å²) in [6.45, 7) is 5.72. The van der Waals surface area contributed by atoms with Crippen molar-refractivity contribution in [3.63, 3.8) is 0 Å². The number of morpholine rings is 1. The number of thiophene rings is 1. The maximum Gasteiger partial charge on any atom is 0.261 e. The largest absolute Gasteiger partial charge is 0.378 e. The van der Waals surface area contributed by atoms with Gasteiger partial charge in [0, 0.05) is 35.9 Å². The highest BCUT2D eigenvalue weighted by molar-refractivity contribution is 7.21. The number of hydrogen-bond donors (Lipinski definition) is 1. The van der Waals surface area contributed by atoms with Gasteiger partial charge in [-0.25, -0.2) is 0 Å². The van der Waals surface area contributed by atoms with Crippen LogP contribution in [-0.2, 0) is 4.74 Å². The first-order valence-electron chi connectivity index (χ1n) is 12.2. The summed E-state index contributed by atoms with van der Waals surface area (Å²) in [6.07, 6.45) is 2.36. The predicted octanol–water partition coefficient (Wildman–Crippen LogP) is 3.86. The molecule has 0 unspecified atom stereocenters. The van der Waals surface area contributed by atoms with E-state index in [1.165, 1.54) is 12.8 Å². The molecule has 176 valence electrons. The van der Waals surface area contributed by atoms with E-state index in [1.54, 1.807) is 11.3 Å². The molecule has 1 aromatic heterocycles. The highest BCUT2D eigenvalue weighted by atomic mass is 32.1. The van der Waals surface area contributed by atoms with Gasteiger partial charge in [0.1, 0.15) is 0 Å². The Hall–Kier alpha value is -2.74. The third-order valence-electron chi connectivity index (χ3n) is 7.46. The van der Waals surface area contributed by atoms with E-state index in [9.17, 15) is 9.59 Å². The van der Waals surface area contributed by atoms with Gasteiger partial charge in [0.15, 0.2) is 0 Å². The van der Waals surface area contributed by atoms with Crippen LogP contribution in [0.4, 0.5) is 0 Å². The van der Waals surface area contributed by atoms with Crippen molar-refractivity contribution in [2.45, 2.75) is 18.9 Å². The van der Waals surface area contributed by atoms with E-state index in [0.717, 1.165) is 45.7 Å². The number of amides is 2. The average Bonchev–Trinajstić information content (AvgIpc) is 3.34. The quantitative estimate of drug-likeness (QED) is 0.623. The van der Waals surface area contributed by atoms with Gasteiger partial charge < -0.3 is 19.9 Å². The lowest BCUT2D eigenvalue weighted by atomic mass is 9.84. The molecular formula is C27H29N3O3S. The zero-order valence-electron chi connectivity index (χ0n) is 19.2. The molecule has 1 N–H and O–H groups in total. The van der Waals surface area contributed by atoms with Gasteiger partial charge in [0.25, 0.3) is 11.8 Å². The Morgan fingerprint density at radius 2 is 1.76 bits per heavy atom. The van der Waals surface area contributed by atoms with Crippen molar-refractivity contribution >= 4 is 33.2 Å². The SMILES string of the molecule is O=C(N[C@H]1CN2CCC1CC2)c1cc2cccc(-c3cccc(C(=O)N4CCOCC4)c3)c2s1. The van der Waals surface area contributed by atoms with Gasteiger partial charge in [-0.05, 0) is 66.6 Å². The first-order valence-corrected chi connectivity index (χ1v) is 13.0. The van der Waals surface area contributed by atoms with Gasteiger partial charge in [0.2, 0.25) is 0 Å². The molecule has 0 radical (unpaired) electrons. The number of fused-ring (bicyclic) bond motifs is 4. The smallest absolute Gasteiger partial charge is 0.261 e. The molecule has 7 rings (SSSR count). The monoisotopic (exact) mass is 475 g/mol. The summed E-state index contributed by atoms with van der Waals surface area (Å²) in [6, 6.07) is 16.2. The Morgan fingerprint density at radius 1 is 0.971 bits per heavy atom. The number of nitrogens with one attached hydrogen (secondary N) is 1. The lowest BCUT2D eigenvalue weighted by molar-refractivity contribution is 0.0303. The fourth-order valence-electron chi connectivity index (χ4n) is 5.54. The average molecular weight is 476 g/mol. The van der Waals surface area contributed by atoms with Crippen LogP contribution >= 0.6 is 11.3 Å². The Kier molecular flexibility index (Phi) is 5.85. The van der Waals surface area contributed by atoms with E-state index < -0.39 is 0 Å². The van der Waals surface area contributed by atoms with Crippen molar-refractivity contribution < 1.29 is 14.3 Å². The van der Waals surface area contributed by atoms with Gasteiger partial charge in [0.05, 0.1) is 18.1 Å². The van der Waals surface area contributed by atoms with Gasteiger partial charge in [-0.1, -0.05) is 30.3 Å². The van der Waals surface area contributed by atoms with Crippen molar-refractivity contribution in [2.75, 3.05) is 45.9 Å². The summed E-state index contributed by atoms with van der Waals surface area (Å²) in [7, 11) is 0. The molecule has 4 aliphatic rings. The summed E-state index contributed by atoms with van der Waals surface area (Å²) >= 11 is 1.54. The number of rotatable bonds is 4. The van der Waals surface area contributed by atoms with Crippen molar-refractivity contribution in [1.29, 1.82) is 0 Å². The first-order chi connectivity index (χ1) is 16.7. The molecule has 5 heterocycles. The number of carbonyl (C=O) groups is 2. The molecule has 2 aromatic carbocycles. The molecule has 0 saturated carbocycles. The lowest BCUT2D eigenvalue weighted by Crippen LogP contribution is -2.57. The number of benzene rings is 2. The molecule has 34 heavy (non-hydrogen) atoms. The van der Waals surface area contributed by atoms with Gasteiger partial charge in [-0.2, -0.15) is 0 Å². The Balaban J connectivity index is 1.26. The Bertz CT molecular complexity index is 1220. The van der Waals surface area contributed by atoms with Crippen molar-refractivity contribution in [1.82, 2.24) is 15.1 Å². The minimum absolute atomic E-state index is 0.0298. The maximum atomic E-state index is 13.1. The number of hydrogen-bond acceptors (Lipinski definition) is 5. The highest BCUT2D eigenvalue weighted by Crippen LogP contribution is 2.36. The van der Waals surface area contributed by atoms with Crippen LogP contribution in [0.3, 0.4) is 0 Å². The molecule has 4 aliphatic heterocycles. The second kappa shape index (κ2) is 9.13. The predicted molar refractivity (Wildman–Crippen MR) is 134 cm³/mol.